The molecule has 1 heterocycles. The van der Waals surface area contributed by atoms with Crippen molar-refractivity contribution in [1.29, 1.82) is 0 Å². The number of nitrogens with one attached hydrogen (secondary N) is 1. The molecule has 0 aliphatic rings. The Labute approximate surface area is 128 Å². The van der Waals surface area contributed by atoms with E-state index in [0.717, 1.165) is 5.56 Å². The number of hydrogen-bond donors (Lipinski definition) is 2. The zero-order valence-corrected chi connectivity index (χ0v) is 13.0. The molecule has 5 nitrogen and oxygen atoms in total. The summed E-state index contributed by atoms with van der Waals surface area (Å²) in [5.41, 5.74) is 0.785. The Morgan fingerprint density at radius 2 is 2.10 bits per heavy atom. The van der Waals surface area contributed by atoms with E-state index in [2.05, 4.69) is 10.2 Å². The van der Waals surface area contributed by atoms with Gasteiger partial charge in [-0.05, 0) is 26.0 Å². The molecule has 0 unspecified atom stereocenters. The van der Waals surface area contributed by atoms with Crippen molar-refractivity contribution < 1.29 is 9.90 Å². The molecule has 1 amide bonds. The number of nitrogens with zero attached hydrogens (tertiary/aromatic N) is 2. The van der Waals surface area contributed by atoms with Crippen LogP contribution in [0.1, 0.15) is 24.3 Å². The molecule has 0 saturated carbocycles. The molecule has 0 fully saturated rings. The Kier molecular flexibility index (Phi) is 4.34. The number of aromatic amines is 1. The van der Waals surface area contributed by atoms with Gasteiger partial charge < -0.3 is 10.0 Å². The fourth-order valence-corrected chi connectivity index (χ4v) is 2.33. The monoisotopic (exact) mass is 307 g/mol. The molecule has 0 aliphatic carbocycles. The quantitative estimate of drug-likeness (QED) is 0.912. The first-order valence-electron chi connectivity index (χ1n) is 6.56. The minimum atomic E-state index is -0.948. The number of hydrogen-bond acceptors (Lipinski definition) is 3. The third-order valence-corrected chi connectivity index (χ3v) is 3.26. The standard InChI is InChI=1S/C15H18ClN3O2/c1-15(2,21)9-19(3)14(20)13-8-12(17-18-13)10-6-4-5-7-11(10)16/h4-8,21H,9H2,1-3H3,(H,17,18). The van der Waals surface area contributed by atoms with Gasteiger partial charge in [0.15, 0.2) is 0 Å². The van der Waals surface area contributed by atoms with E-state index >= 15 is 0 Å². The summed E-state index contributed by atoms with van der Waals surface area (Å²) in [6, 6.07) is 8.96. The van der Waals surface area contributed by atoms with Crippen molar-refractivity contribution in [1.82, 2.24) is 15.1 Å². The average molecular weight is 308 g/mol. The van der Waals surface area contributed by atoms with Crippen molar-refractivity contribution >= 4 is 17.5 Å². The number of halogens is 1. The van der Waals surface area contributed by atoms with E-state index in [-0.39, 0.29) is 12.5 Å². The van der Waals surface area contributed by atoms with Crippen LogP contribution in [-0.2, 0) is 0 Å². The normalized spacial score (nSPS) is 11.5. The topological polar surface area (TPSA) is 69.2 Å². The molecular formula is C15H18ClN3O2. The van der Waals surface area contributed by atoms with Crippen LogP contribution in [0, 0.1) is 0 Å². The van der Waals surface area contributed by atoms with E-state index in [4.69, 9.17) is 11.6 Å². The maximum atomic E-state index is 12.3. The van der Waals surface area contributed by atoms with Crippen LogP contribution in [0.3, 0.4) is 0 Å². The van der Waals surface area contributed by atoms with Crippen molar-refractivity contribution in [3.63, 3.8) is 0 Å². The number of carbonyl (C=O) groups is 1. The highest BCUT2D eigenvalue weighted by Gasteiger charge is 2.22. The van der Waals surface area contributed by atoms with Crippen molar-refractivity contribution in [3.8, 4) is 11.3 Å². The highest BCUT2D eigenvalue weighted by Crippen LogP contribution is 2.26. The van der Waals surface area contributed by atoms with Gasteiger partial charge in [-0.1, -0.05) is 29.8 Å². The maximum Gasteiger partial charge on any atom is 0.271 e. The van der Waals surface area contributed by atoms with Crippen molar-refractivity contribution in [2.24, 2.45) is 0 Å². The molecule has 1 aromatic heterocycles. The first-order chi connectivity index (χ1) is 9.78. The van der Waals surface area contributed by atoms with Crippen LogP contribution in [0.25, 0.3) is 11.3 Å². The van der Waals surface area contributed by atoms with Crippen LogP contribution < -0.4 is 0 Å². The van der Waals surface area contributed by atoms with Gasteiger partial charge in [-0.3, -0.25) is 9.89 Å². The van der Waals surface area contributed by atoms with Gasteiger partial charge in [0.25, 0.3) is 5.91 Å². The average Bonchev–Trinajstić information content (AvgIpc) is 2.85. The van der Waals surface area contributed by atoms with Crippen LogP contribution >= 0.6 is 11.6 Å². The third-order valence-electron chi connectivity index (χ3n) is 2.93. The number of aliphatic hydroxyl groups is 1. The molecule has 112 valence electrons. The lowest BCUT2D eigenvalue weighted by atomic mass is 10.1. The molecule has 0 radical (unpaired) electrons. The van der Waals surface area contributed by atoms with Gasteiger partial charge in [0.05, 0.1) is 16.3 Å². The molecule has 2 aromatic rings. The van der Waals surface area contributed by atoms with Gasteiger partial charge >= 0.3 is 0 Å². The predicted molar refractivity (Wildman–Crippen MR) is 82.3 cm³/mol. The summed E-state index contributed by atoms with van der Waals surface area (Å²) in [6.45, 7) is 3.53. The highest BCUT2D eigenvalue weighted by molar-refractivity contribution is 6.33. The minimum Gasteiger partial charge on any atom is -0.389 e. The second kappa shape index (κ2) is 5.87. The molecule has 0 bridgehead atoms. The Morgan fingerprint density at radius 1 is 1.43 bits per heavy atom. The molecule has 0 saturated heterocycles. The van der Waals surface area contributed by atoms with Crippen LogP contribution in [-0.4, -0.2) is 45.3 Å². The van der Waals surface area contributed by atoms with Crippen molar-refractivity contribution in [3.05, 3.63) is 41.0 Å². The Hall–Kier alpha value is -1.85. The summed E-state index contributed by atoms with van der Waals surface area (Å²) in [5, 5.41) is 17.2. The lowest BCUT2D eigenvalue weighted by Crippen LogP contribution is -2.39. The van der Waals surface area contributed by atoms with Gasteiger partial charge in [0.2, 0.25) is 0 Å². The number of carbonyl (C=O) groups excluding carboxylic acids is 1. The fourth-order valence-electron chi connectivity index (χ4n) is 2.10. The van der Waals surface area contributed by atoms with Crippen LogP contribution in [0.15, 0.2) is 30.3 Å². The molecule has 2 rings (SSSR count). The van der Waals surface area contributed by atoms with Crippen LogP contribution in [0.5, 0.6) is 0 Å². The summed E-state index contributed by atoms with van der Waals surface area (Å²) in [4.78, 5) is 13.7. The number of H-pyrrole nitrogens is 1. The highest BCUT2D eigenvalue weighted by atomic mass is 35.5. The lowest BCUT2D eigenvalue weighted by Gasteiger charge is -2.24. The molecule has 1 aromatic carbocycles. The summed E-state index contributed by atoms with van der Waals surface area (Å²) in [6.07, 6.45) is 0. The van der Waals surface area contributed by atoms with Crippen molar-refractivity contribution in [2.45, 2.75) is 19.4 Å². The van der Waals surface area contributed by atoms with Gasteiger partial charge in [-0.15, -0.1) is 0 Å². The van der Waals surface area contributed by atoms with Gasteiger partial charge in [-0.2, -0.15) is 5.10 Å². The van der Waals surface area contributed by atoms with Gasteiger partial charge in [0, 0.05) is 19.2 Å². The zero-order valence-electron chi connectivity index (χ0n) is 12.2. The second-order valence-corrected chi connectivity index (χ2v) is 6.03. The molecule has 0 aliphatic heterocycles. The van der Waals surface area contributed by atoms with Crippen molar-refractivity contribution in [2.75, 3.05) is 13.6 Å². The van der Waals surface area contributed by atoms with E-state index in [0.29, 0.717) is 16.4 Å². The van der Waals surface area contributed by atoms with Crippen LogP contribution in [0.2, 0.25) is 5.02 Å². The molecule has 0 spiro atoms. The van der Waals surface area contributed by atoms with Gasteiger partial charge in [0.1, 0.15) is 5.69 Å². The number of aromatic nitrogens is 2. The SMILES string of the molecule is CN(CC(C)(C)O)C(=O)c1cc(-c2ccccc2Cl)n[nH]1. The van der Waals surface area contributed by atoms with E-state index in [1.165, 1.54) is 4.90 Å². The summed E-state index contributed by atoms with van der Waals surface area (Å²) in [5.74, 6) is -0.233. The number of rotatable bonds is 4. The molecule has 2 N–H and O–H groups in total. The largest absolute Gasteiger partial charge is 0.389 e. The Balaban J connectivity index is 2.20. The molecule has 0 atom stereocenters. The second-order valence-electron chi connectivity index (χ2n) is 5.62. The fraction of sp³-hybridized carbons (Fsp3) is 0.333. The van der Waals surface area contributed by atoms with E-state index in [1.807, 2.05) is 18.2 Å². The van der Waals surface area contributed by atoms with E-state index in [1.54, 1.807) is 33.0 Å². The summed E-state index contributed by atoms with van der Waals surface area (Å²) >= 11 is 6.11. The number of amides is 1. The van der Waals surface area contributed by atoms with E-state index in [9.17, 15) is 9.90 Å². The maximum absolute atomic E-state index is 12.3. The van der Waals surface area contributed by atoms with Gasteiger partial charge in [-0.25, -0.2) is 0 Å². The third kappa shape index (κ3) is 3.83. The minimum absolute atomic E-state index is 0.228. The zero-order chi connectivity index (χ0) is 15.6. The molecular weight excluding hydrogens is 290 g/mol. The van der Waals surface area contributed by atoms with E-state index < -0.39 is 5.60 Å². The molecule has 21 heavy (non-hydrogen) atoms. The summed E-state index contributed by atoms with van der Waals surface area (Å²) in [7, 11) is 1.64. The lowest BCUT2D eigenvalue weighted by molar-refractivity contribution is 0.0365. The van der Waals surface area contributed by atoms with Crippen LogP contribution in [0.4, 0.5) is 0 Å². The first-order valence-corrected chi connectivity index (χ1v) is 6.94. The number of benzene rings is 1. The smallest absolute Gasteiger partial charge is 0.271 e. The predicted octanol–water partition coefficient (Wildman–Crippen LogP) is 2.57. The number of likely N-dealkylation sites (N-methyl/N-ethyl adjacent to an activating group) is 1. The summed E-state index contributed by atoms with van der Waals surface area (Å²) < 4.78 is 0. The first kappa shape index (κ1) is 15.5. The molecule has 6 heteroatoms. The Bertz CT molecular complexity index is 646. The Morgan fingerprint density at radius 3 is 2.71 bits per heavy atom.